The predicted molar refractivity (Wildman–Crippen MR) is 99.1 cm³/mol. The Bertz CT molecular complexity index is 959. The maximum Gasteiger partial charge on any atom is 0.294 e. The summed E-state index contributed by atoms with van der Waals surface area (Å²) in [4.78, 5) is 26.9. The molecule has 0 saturated carbocycles. The number of imidazole rings is 1. The largest absolute Gasteiger partial charge is 0.494 e. The van der Waals surface area contributed by atoms with Crippen LogP contribution in [0.3, 0.4) is 0 Å². The second-order valence-corrected chi connectivity index (χ2v) is 5.84. The van der Waals surface area contributed by atoms with E-state index in [1.165, 1.54) is 59.6 Å². The summed E-state index contributed by atoms with van der Waals surface area (Å²) in [6, 6.07) is 9.91. The number of nitrogens with one attached hydrogen (secondary N) is 1. The first kappa shape index (κ1) is 19.0. The van der Waals surface area contributed by atoms with E-state index in [0.717, 1.165) is 0 Å². The number of aromatic nitrogens is 2. The summed E-state index contributed by atoms with van der Waals surface area (Å²) in [5.74, 6) is -0.215. The van der Waals surface area contributed by atoms with E-state index < -0.39 is 10.8 Å². The van der Waals surface area contributed by atoms with Crippen LogP contribution in [0.2, 0.25) is 0 Å². The summed E-state index contributed by atoms with van der Waals surface area (Å²) < 4.78 is 19.8. The van der Waals surface area contributed by atoms with Crippen LogP contribution in [0.5, 0.6) is 5.75 Å². The van der Waals surface area contributed by atoms with Gasteiger partial charge in [0.05, 0.1) is 17.9 Å². The summed E-state index contributed by atoms with van der Waals surface area (Å²) in [5.41, 5.74) is 0.326. The molecule has 9 heteroatoms. The van der Waals surface area contributed by atoms with Crippen LogP contribution in [0, 0.1) is 15.9 Å². The second kappa shape index (κ2) is 8.76. The molecule has 3 aromatic rings. The molecule has 0 fully saturated rings. The summed E-state index contributed by atoms with van der Waals surface area (Å²) >= 11 is 0. The molecule has 2 aromatic carbocycles. The van der Waals surface area contributed by atoms with Gasteiger partial charge in [-0.05, 0) is 42.8 Å². The van der Waals surface area contributed by atoms with Gasteiger partial charge in [0.25, 0.3) is 11.6 Å². The third-order valence-electron chi connectivity index (χ3n) is 3.91. The summed E-state index contributed by atoms with van der Waals surface area (Å²) in [5, 5.41) is 14.0. The van der Waals surface area contributed by atoms with Gasteiger partial charge < -0.3 is 14.6 Å². The van der Waals surface area contributed by atoms with Gasteiger partial charge in [-0.2, -0.15) is 0 Å². The number of halogens is 1. The summed E-state index contributed by atoms with van der Waals surface area (Å²) in [7, 11) is 0. The molecule has 0 aliphatic heterocycles. The third-order valence-corrected chi connectivity index (χ3v) is 3.91. The summed E-state index contributed by atoms with van der Waals surface area (Å²) in [6.45, 7) is 0.669. The van der Waals surface area contributed by atoms with Crippen LogP contribution in [0.15, 0.2) is 61.2 Å². The molecule has 0 unspecified atom stereocenters. The van der Waals surface area contributed by atoms with Crippen LogP contribution in [0.4, 0.5) is 10.1 Å². The molecular formula is C19H17FN4O4. The van der Waals surface area contributed by atoms with Gasteiger partial charge in [0.1, 0.15) is 17.3 Å². The van der Waals surface area contributed by atoms with E-state index in [9.17, 15) is 19.3 Å². The Labute approximate surface area is 159 Å². The number of amides is 1. The van der Waals surface area contributed by atoms with Crippen LogP contribution in [-0.4, -0.2) is 33.5 Å². The van der Waals surface area contributed by atoms with E-state index >= 15 is 0 Å². The lowest BCUT2D eigenvalue weighted by atomic mass is 10.1. The molecule has 1 heterocycles. The highest BCUT2D eigenvalue weighted by molar-refractivity contribution is 5.95. The normalized spacial score (nSPS) is 10.5. The molecule has 1 N–H and O–H groups in total. The van der Waals surface area contributed by atoms with Gasteiger partial charge in [0.15, 0.2) is 0 Å². The molecule has 1 amide bonds. The van der Waals surface area contributed by atoms with Crippen molar-refractivity contribution in [2.24, 2.45) is 0 Å². The first-order valence-electron chi connectivity index (χ1n) is 8.48. The average molecular weight is 384 g/mol. The van der Waals surface area contributed by atoms with Crippen LogP contribution in [0.25, 0.3) is 5.69 Å². The number of benzene rings is 2. The molecule has 0 saturated heterocycles. The van der Waals surface area contributed by atoms with Gasteiger partial charge in [-0.25, -0.2) is 9.37 Å². The van der Waals surface area contributed by atoms with Crippen LogP contribution < -0.4 is 10.1 Å². The Kier molecular flexibility index (Phi) is 5.95. The monoisotopic (exact) mass is 384 g/mol. The molecule has 0 aliphatic rings. The smallest absolute Gasteiger partial charge is 0.294 e. The van der Waals surface area contributed by atoms with Crippen LogP contribution in [-0.2, 0) is 0 Å². The zero-order chi connectivity index (χ0) is 19.9. The fourth-order valence-electron chi connectivity index (χ4n) is 2.53. The van der Waals surface area contributed by atoms with Crippen molar-refractivity contribution < 1.29 is 18.8 Å². The fraction of sp³-hybridized carbons (Fsp3) is 0.158. The van der Waals surface area contributed by atoms with E-state index in [0.29, 0.717) is 31.0 Å². The number of nitro groups is 1. The zero-order valence-corrected chi connectivity index (χ0v) is 14.7. The maximum atomic E-state index is 12.8. The lowest BCUT2D eigenvalue weighted by Gasteiger charge is -2.09. The van der Waals surface area contributed by atoms with E-state index in [1.54, 1.807) is 6.20 Å². The van der Waals surface area contributed by atoms with Gasteiger partial charge in [-0.3, -0.25) is 14.9 Å². The van der Waals surface area contributed by atoms with Gasteiger partial charge in [-0.1, -0.05) is 0 Å². The highest BCUT2D eigenvalue weighted by atomic mass is 19.1. The number of carbonyl (C=O) groups is 1. The van der Waals surface area contributed by atoms with Crippen molar-refractivity contribution in [3.05, 3.63) is 82.7 Å². The van der Waals surface area contributed by atoms with Crippen molar-refractivity contribution in [2.45, 2.75) is 6.42 Å². The lowest BCUT2D eigenvalue weighted by Crippen LogP contribution is -2.25. The van der Waals surface area contributed by atoms with Crippen molar-refractivity contribution in [1.82, 2.24) is 14.9 Å². The fourth-order valence-corrected chi connectivity index (χ4v) is 2.53. The molecule has 0 atom stereocenters. The van der Waals surface area contributed by atoms with E-state index in [2.05, 4.69) is 10.3 Å². The van der Waals surface area contributed by atoms with Gasteiger partial charge >= 0.3 is 0 Å². The molecule has 144 valence electrons. The van der Waals surface area contributed by atoms with Crippen molar-refractivity contribution in [3.63, 3.8) is 0 Å². The Morgan fingerprint density at radius 1 is 1.25 bits per heavy atom. The molecule has 28 heavy (non-hydrogen) atoms. The topological polar surface area (TPSA) is 99.3 Å². The third kappa shape index (κ3) is 4.70. The molecule has 0 aliphatic carbocycles. The van der Waals surface area contributed by atoms with Crippen molar-refractivity contribution in [1.29, 1.82) is 0 Å². The molecule has 0 spiro atoms. The quantitative estimate of drug-likeness (QED) is 0.365. The number of nitrogens with zero attached hydrogens (tertiary/aromatic N) is 3. The van der Waals surface area contributed by atoms with Crippen LogP contribution in [0.1, 0.15) is 16.8 Å². The minimum Gasteiger partial charge on any atom is -0.494 e. The minimum absolute atomic E-state index is 0.190. The number of carbonyl (C=O) groups excluding carboxylic acids is 1. The SMILES string of the molecule is O=C(NCCCOc1ccc(F)cc1)c1ccc(-n2ccnc2)c([N+](=O)[O-])c1. The van der Waals surface area contributed by atoms with Crippen LogP contribution >= 0.6 is 0 Å². The molecule has 3 rings (SSSR count). The Morgan fingerprint density at radius 3 is 2.71 bits per heavy atom. The number of hydrogen-bond acceptors (Lipinski definition) is 5. The predicted octanol–water partition coefficient (Wildman–Crippen LogP) is 3.12. The Hall–Kier alpha value is -3.75. The zero-order valence-electron chi connectivity index (χ0n) is 14.7. The highest BCUT2D eigenvalue weighted by Gasteiger charge is 2.18. The Morgan fingerprint density at radius 2 is 2.04 bits per heavy atom. The number of nitro benzene ring substituents is 1. The van der Waals surface area contributed by atoms with Gasteiger partial charge in [-0.15, -0.1) is 0 Å². The van der Waals surface area contributed by atoms with Crippen molar-refractivity contribution in [3.8, 4) is 11.4 Å². The van der Waals surface area contributed by atoms with Gasteiger partial charge in [0.2, 0.25) is 0 Å². The van der Waals surface area contributed by atoms with Crippen molar-refractivity contribution >= 4 is 11.6 Å². The number of rotatable bonds is 8. The summed E-state index contributed by atoms with van der Waals surface area (Å²) in [6.07, 6.45) is 5.07. The maximum absolute atomic E-state index is 12.8. The first-order valence-corrected chi connectivity index (χ1v) is 8.48. The minimum atomic E-state index is -0.539. The second-order valence-electron chi connectivity index (χ2n) is 5.84. The van der Waals surface area contributed by atoms with Gasteiger partial charge in [0, 0.05) is 30.6 Å². The molecule has 1 aromatic heterocycles. The average Bonchev–Trinajstić information content (AvgIpc) is 3.23. The first-order chi connectivity index (χ1) is 13.5. The van der Waals surface area contributed by atoms with E-state index in [4.69, 9.17) is 4.74 Å². The van der Waals surface area contributed by atoms with E-state index in [-0.39, 0.29) is 17.1 Å². The van der Waals surface area contributed by atoms with Crippen molar-refractivity contribution in [2.75, 3.05) is 13.2 Å². The lowest BCUT2D eigenvalue weighted by molar-refractivity contribution is -0.384. The molecule has 0 bridgehead atoms. The van der Waals surface area contributed by atoms with E-state index in [1.807, 2.05) is 0 Å². The highest BCUT2D eigenvalue weighted by Crippen LogP contribution is 2.24. The molecular weight excluding hydrogens is 367 g/mol. The number of ether oxygens (including phenoxy) is 1. The molecule has 8 nitrogen and oxygen atoms in total. The standard InChI is InChI=1S/C19H17FN4O4/c20-15-3-5-16(6-4-15)28-11-1-8-22-19(25)14-2-7-17(18(12-14)24(26)27)23-10-9-21-13-23/h2-7,9-10,12-13H,1,8,11H2,(H,22,25). The molecule has 0 radical (unpaired) electrons. The number of hydrogen-bond donors (Lipinski definition) is 1. The Balaban J connectivity index is 1.54.